The number of nitrogens with zero attached hydrogens (tertiary/aromatic N) is 4. The van der Waals surface area contributed by atoms with E-state index in [2.05, 4.69) is 27.0 Å². The van der Waals surface area contributed by atoms with Crippen LogP contribution in [0.3, 0.4) is 0 Å². The Morgan fingerprint density at radius 3 is 2.47 bits per heavy atom. The second-order valence-corrected chi connectivity index (χ2v) is 7.28. The molecule has 0 aliphatic heterocycles. The molecule has 3 rings (SSSR count). The molecule has 0 spiro atoms. The molecule has 150 valence electrons. The topological polar surface area (TPSA) is 133 Å². The van der Waals surface area contributed by atoms with E-state index in [0.29, 0.717) is 11.3 Å². The van der Waals surface area contributed by atoms with Crippen LogP contribution in [-0.2, 0) is 0 Å². The molecule has 0 radical (unpaired) electrons. The molecule has 8 nitrogen and oxygen atoms in total. The van der Waals surface area contributed by atoms with Gasteiger partial charge in [0.2, 0.25) is 5.96 Å². The number of rotatable bonds is 4. The molecule has 0 unspecified atom stereocenters. The van der Waals surface area contributed by atoms with E-state index in [0.717, 1.165) is 26.7 Å². The number of nitro benzene ring substituents is 1. The minimum absolute atomic E-state index is 0.0192. The minimum Gasteiger partial charge on any atom is -0.369 e. The van der Waals surface area contributed by atoms with Gasteiger partial charge >= 0.3 is 0 Å². The summed E-state index contributed by atoms with van der Waals surface area (Å²) in [6.07, 6.45) is 0. The first kappa shape index (κ1) is 20.7. The molecule has 4 N–H and O–H groups in total. The molecule has 0 aliphatic carbocycles. The van der Waals surface area contributed by atoms with E-state index in [-0.39, 0.29) is 11.6 Å². The van der Waals surface area contributed by atoms with Crippen molar-refractivity contribution in [1.82, 2.24) is 4.98 Å². The fraction of sp³-hybridized carbons (Fsp3) is 0.0952. The van der Waals surface area contributed by atoms with Crippen LogP contribution in [-0.4, -0.2) is 21.6 Å². The van der Waals surface area contributed by atoms with Gasteiger partial charge in [-0.05, 0) is 32.0 Å². The van der Waals surface area contributed by atoms with Crippen LogP contribution in [0.5, 0.6) is 0 Å². The lowest BCUT2D eigenvalue weighted by Crippen LogP contribution is -2.22. The molecule has 9 heteroatoms. The molecule has 0 fully saturated rings. The first-order chi connectivity index (χ1) is 14.3. The third-order valence-corrected chi connectivity index (χ3v) is 5.30. The fourth-order valence-electron chi connectivity index (χ4n) is 2.57. The average Bonchev–Trinajstić information content (AvgIpc) is 3.12. The Bertz CT molecular complexity index is 1210. The van der Waals surface area contributed by atoms with Crippen LogP contribution in [0, 0.1) is 28.9 Å². The lowest BCUT2D eigenvalue weighted by molar-refractivity contribution is -0.384. The molecule has 0 amide bonds. The van der Waals surface area contributed by atoms with Crippen LogP contribution in [0.4, 0.5) is 5.69 Å². The summed E-state index contributed by atoms with van der Waals surface area (Å²) in [6.45, 7) is 3.73. The van der Waals surface area contributed by atoms with E-state index in [1.165, 1.54) is 23.5 Å². The van der Waals surface area contributed by atoms with Crippen LogP contribution >= 0.6 is 11.3 Å². The van der Waals surface area contributed by atoms with Crippen molar-refractivity contribution in [3.05, 3.63) is 80.3 Å². The van der Waals surface area contributed by atoms with Crippen molar-refractivity contribution in [2.24, 2.45) is 21.7 Å². The summed E-state index contributed by atoms with van der Waals surface area (Å²) < 4.78 is 0. The molecular formula is C21H18N6O2S. The number of nitrogens with two attached hydrogens (primary N) is 2. The third-order valence-electron chi connectivity index (χ3n) is 3.98. The maximum Gasteiger partial charge on any atom is 0.270 e. The van der Waals surface area contributed by atoms with Crippen molar-refractivity contribution in [2.45, 2.75) is 13.8 Å². The molecular weight excluding hydrogens is 400 g/mol. The van der Waals surface area contributed by atoms with E-state index in [4.69, 9.17) is 11.5 Å². The highest BCUT2D eigenvalue weighted by atomic mass is 32.1. The molecule has 0 saturated carbocycles. The number of nitro groups is 1. The number of hydrogen-bond donors (Lipinski definition) is 2. The molecule has 2 aromatic carbocycles. The third kappa shape index (κ3) is 5.06. The van der Waals surface area contributed by atoms with Gasteiger partial charge in [0.25, 0.3) is 5.69 Å². The number of thiazole rings is 1. The summed E-state index contributed by atoms with van der Waals surface area (Å²) >= 11 is 1.50. The zero-order valence-electron chi connectivity index (χ0n) is 16.3. The molecule has 0 atom stereocenters. The van der Waals surface area contributed by atoms with Crippen molar-refractivity contribution in [2.75, 3.05) is 0 Å². The molecule has 3 aromatic rings. The summed E-state index contributed by atoms with van der Waals surface area (Å²) in [5.41, 5.74) is 14.5. The van der Waals surface area contributed by atoms with Crippen molar-refractivity contribution in [3.8, 4) is 22.4 Å². The summed E-state index contributed by atoms with van der Waals surface area (Å²) in [5.74, 6) is 5.87. The largest absolute Gasteiger partial charge is 0.369 e. The summed E-state index contributed by atoms with van der Waals surface area (Å²) in [7, 11) is 0. The van der Waals surface area contributed by atoms with Gasteiger partial charge in [-0.1, -0.05) is 30.0 Å². The zero-order chi connectivity index (χ0) is 21.7. The van der Waals surface area contributed by atoms with Crippen LogP contribution in [0.15, 0.2) is 58.7 Å². The highest BCUT2D eigenvalue weighted by Gasteiger charge is 2.12. The molecule has 30 heavy (non-hydrogen) atoms. The number of guanidine groups is 1. The number of aryl methyl sites for hydroxylation is 1. The Kier molecular flexibility index (Phi) is 6.20. The van der Waals surface area contributed by atoms with Crippen molar-refractivity contribution >= 4 is 28.7 Å². The van der Waals surface area contributed by atoms with E-state index >= 15 is 0 Å². The van der Waals surface area contributed by atoms with Gasteiger partial charge in [0, 0.05) is 28.8 Å². The van der Waals surface area contributed by atoms with Gasteiger partial charge in [-0.25, -0.2) is 4.98 Å². The summed E-state index contributed by atoms with van der Waals surface area (Å²) in [5, 5.41) is 19.4. The van der Waals surface area contributed by atoms with Crippen molar-refractivity contribution < 1.29 is 4.92 Å². The smallest absolute Gasteiger partial charge is 0.270 e. The monoisotopic (exact) mass is 418 g/mol. The number of benzene rings is 2. The van der Waals surface area contributed by atoms with Crippen LogP contribution in [0.1, 0.15) is 28.6 Å². The maximum absolute atomic E-state index is 10.9. The SMILES string of the molecule is C/C(=N\N=C(N)N)c1sc(-c2ccc(C#Cc3cccc([N+](=O)[O-])c3)cc2)nc1C. The number of non-ortho nitro benzene ring substituents is 1. The zero-order valence-corrected chi connectivity index (χ0v) is 17.1. The Hall–Kier alpha value is -4.03. The van der Waals surface area contributed by atoms with Crippen LogP contribution in [0.2, 0.25) is 0 Å². The van der Waals surface area contributed by atoms with Gasteiger partial charge in [-0.15, -0.1) is 16.4 Å². The van der Waals surface area contributed by atoms with Crippen LogP contribution in [0.25, 0.3) is 10.6 Å². The summed E-state index contributed by atoms with van der Waals surface area (Å²) in [4.78, 5) is 15.9. The summed E-state index contributed by atoms with van der Waals surface area (Å²) in [6, 6.07) is 13.9. The van der Waals surface area contributed by atoms with Gasteiger partial charge in [-0.2, -0.15) is 5.10 Å². The standard InChI is InChI=1S/C21H18N6O2S/c1-13-19(14(2)25-26-21(22)23)30-20(24-13)17-10-8-15(9-11-17)6-7-16-4-3-5-18(12-16)27(28)29/h3-5,8-12H,1-2H3,(H4,22,23,26)/b25-14+. The highest BCUT2D eigenvalue weighted by Crippen LogP contribution is 2.28. The molecule has 1 aromatic heterocycles. The fourth-order valence-corrected chi connectivity index (χ4v) is 3.58. The van der Waals surface area contributed by atoms with Gasteiger partial charge < -0.3 is 11.5 Å². The van der Waals surface area contributed by atoms with E-state index in [9.17, 15) is 10.1 Å². The van der Waals surface area contributed by atoms with Crippen molar-refractivity contribution in [3.63, 3.8) is 0 Å². The maximum atomic E-state index is 10.9. The molecule has 0 saturated heterocycles. The predicted molar refractivity (Wildman–Crippen MR) is 119 cm³/mol. The number of aromatic nitrogens is 1. The van der Waals surface area contributed by atoms with E-state index < -0.39 is 4.92 Å². The molecule has 1 heterocycles. The Balaban J connectivity index is 1.81. The van der Waals surface area contributed by atoms with Gasteiger partial charge in [0.1, 0.15) is 5.01 Å². The average molecular weight is 418 g/mol. The predicted octanol–water partition coefficient (Wildman–Crippen LogP) is 3.42. The minimum atomic E-state index is -0.437. The van der Waals surface area contributed by atoms with E-state index in [1.807, 2.05) is 38.1 Å². The van der Waals surface area contributed by atoms with Gasteiger partial charge in [0.05, 0.1) is 21.2 Å². The van der Waals surface area contributed by atoms with Gasteiger partial charge in [0.15, 0.2) is 0 Å². The Labute approximate surface area is 177 Å². The number of hydrogen-bond acceptors (Lipinski definition) is 6. The second kappa shape index (κ2) is 8.98. The highest BCUT2D eigenvalue weighted by molar-refractivity contribution is 7.17. The second-order valence-electron chi connectivity index (χ2n) is 6.28. The first-order valence-corrected chi connectivity index (χ1v) is 9.63. The normalized spacial score (nSPS) is 10.8. The Morgan fingerprint density at radius 1 is 1.10 bits per heavy atom. The lowest BCUT2D eigenvalue weighted by Gasteiger charge is -1.97. The van der Waals surface area contributed by atoms with Gasteiger partial charge in [-0.3, -0.25) is 10.1 Å². The van der Waals surface area contributed by atoms with E-state index in [1.54, 1.807) is 12.1 Å². The molecule has 0 bridgehead atoms. The lowest BCUT2D eigenvalue weighted by atomic mass is 10.1. The first-order valence-electron chi connectivity index (χ1n) is 8.81. The Morgan fingerprint density at radius 2 is 1.80 bits per heavy atom. The van der Waals surface area contributed by atoms with Crippen LogP contribution < -0.4 is 11.5 Å². The quantitative estimate of drug-likeness (QED) is 0.220. The van der Waals surface area contributed by atoms with Crippen molar-refractivity contribution in [1.29, 1.82) is 0 Å². The molecule has 0 aliphatic rings.